The molecule has 0 saturated carbocycles. The smallest absolute Gasteiger partial charge is 0.192 e. The molecule has 0 saturated heterocycles. The van der Waals surface area contributed by atoms with Gasteiger partial charge in [-0.1, -0.05) is 11.9 Å². The predicted octanol–water partition coefficient (Wildman–Crippen LogP) is 2.91. The summed E-state index contributed by atoms with van der Waals surface area (Å²) >= 11 is 1.22. The highest BCUT2D eigenvalue weighted by molar-refractivity contribution is 7.96. The van der Waals surface area contributed by atoms with Gasteiger partial charge < -0.3 is 23.9 Å². The van der Waals surface area contributed by atoms with E-state index in [1.54, 1.807) is 26.4 Å². The van der Waals surface area contributed by atoms with Crippen LogP contribution >= 0.6 is 11.9 Å². The van der Waals surface area contributed by atoms with Gasteiger partial charge in [0.25, 0.3) is 0 Å². The number of aromatic nitrogens is 2. The highest BCUT2D eigenvalue weighted by Gasteiger charge is 2.17. The molecular weight excluding hydrogens is 442 g/mol. The van der Waals surface area contributed by atoms with Gasteiger partial charge in [-0.2, -0.15) is 0 Å². The number of pyridine rings is 1. The molecule has 2 heterocycles. The monoisotopic (exact) mass is 467 g/mol. The summed E-state index contributed by atoms with van der Waals surface area (Å²) in [5.41, 5.74) is 1.75. The minimum Gasteiger partial charge on any atom is -0.483 e. The number of ether oxygens (including phenoxy) is 4. The van der Waals surface area contributed by atoms with Crippen LogP contribution in [0.2, 0.25) is 0 Å². The fraction of sp³-hybridized carbons (Fsp3) is 0.350. The lowest BCUT2D eigenvalue weighted by atomic mass is 10.2. The Bertz CT molecular complexity index is 1110. The molecule has 3 aromatic rings. The maximum Gasteiger partial charge on any atom is 0.192 e. The molecule has 0 unspecified atom stereocenters. The van der Waals surface area contributed by atoms with Gasteiger partial charge in [0.1, 0.15) is 23.4 Å². The molecule has 0 aliphatic rings. The maximum atomic E-state index is 11.6. The second-order valence-electron chi connectivity index (χ2n) is 6.85. The lowest BCUT2D eigenvalue weighted by molar-refractivity contribution is 0.0251. The van der Waals surface area contributed by atoms with Crippen LogP contribution in [0.15, 0.2) is 41.6 Å². The quantitative estimate of drug-likeness (QED) is 0.409. The predicted molar refractivity (Wildman–Crippen MR) is 119 cm³/mol. The number of nitrogens with one attached hydrogen (secondary N) is 1. The van der Waals surface area contributed by atoms with Crippen molar-refractivity contribution in [1.29, 1.82) is 0 Å². The van der Waals surface area contributed by atoms with E-state index in [2.05, 4.69) is 9.97 Å². The Labute approximate surface area is 185 Å². The van der Waals surface area contributed by atoms with Crippen molar-refractivity contribution in [2.24, 2.45) is 5.14 Å². The van der Waals surface area contributed by atoms with E-state index in [0.717, 1.165) is 22.9 Å². The Balaban J connectivity index is 1.95. The number of nitrogens with zero attached hydrogens (tertiary/aromatic N) is 1. The first-order valence-corrected chi connectivity index (χ1v) is 12.2. The molecule has 0 bridgehead atoms. The molecule has 31 heavy (non-hydrogen) atoms. The number of benzene rings is 1. The van der Waals surface area contributed by atoms with Crippen LogP contribution in [0.4, 0.5) is 0 Å². The van der Waals surface area contributed by atoms with Gasteiger partial charge in [-0.15, -0.1) is 0 Å². The third-order valence-corrected chi connectivity index (χ3v) is 5.76. The van der Waals surface area contributed by atoms with Crippen LogP contribution in [0.25, 0.3) is 10.9 Å². The molecular formula is C20H25N3O6S2. The highest BCUT2D eigenvalue weighted by Crippen LogP contribution is 2.35. The van der Waals surface area contributed by atoms with Crippen molar-refractivity contribution in [3.05, 3.63) is 42.2 Å². The molecule has 0 fully saturated rings. The largest absolute Gasteiger partial charge is 0.483 e. The molecule has 11 heteroatoms. The number of methoxy groups -OCH3 is 2. The summed E-state index contributed by atoms with van der Waals surface area (Å²) in [6.45, 7) is 0.701. The first-order valence-electron chi connectivity index (χ1n) is 9.30. The third kappa shape index (κ3) is 6.11. The topological polar surface area (TPSA) is 126 Å². The van der Waals surface area contributed by atoms with E-state index in [4.69, 9.17) is 24.1 Å². The Morgan fingerprint density at radius 2 is 1.87 bits per heavy atom. The highest BCUT2D eigenvalue weighted by atomic mass is 32.2. The summed E-state index contributed by atoms with van der Waals surface area (Å²) in [4.78, 5) is 7.28. The van der Waals surface area contributed by atoms with Crippen LogP contribution in [0.1, 0.15) is 5.69 Å². The fourth-order valence-electron chi connectivity index (χ4n) is 3.01. The molecule has 0 radical (unpaired) electrons. The Kier molecular flexibility index (Phi) is 7.79. The zero-order chi connectivity index (χ0) is 22.4. The molecule has 0 spiro atoms. The minimum absolute atomic E-state index is 0.0177. The molecule has 9 nitrogen and oxygen atoms in total. The molecule has 3 rings (SSSR count). The van der Waals surface area contributed by atoms with Crippen molar-refractivity contribution in [3.8, 4) is 17.2 Å². The average molecular weight is 468 g/mol. The Hall–Kier alpha value is -2.31. The number of sulfone groups is 1. The van der Waals surface area contributed by atoms with Crippen molar-refractivity contribution in [3.63, 3.8) is 0 Å². The number of rotatable bonds is 11. The second kappa shape index (κ2) is 10.3. The molecule has 1 aromatic carbocycles. The minimum atomic E-state index is -3.38. The van der Waals surface area contributed by atoms with Gasteiger partial charge in [-0.3, -0.25) is 5.14 Å². The van der Waals surface area contributed by atoms with Gasteiger partial charge in [0.05, 0.1) is 24.9 Å². The van der Waals surface area contributed by atoms with E-state index in [-0.39, 0.29) is 11.1 Å². The van der Waals surface area contributed by atoms with E-state index < -0.39 is 9.84 Å². The number of aromatic amines is 1. The first-order chi connectivity index (χ1) is 14.8. The summed E-state index contributed by atoms with van der Waals surface area (Å²) in [7, 11) is -0.188. The van der Waals surface area contributed by atoms with Gasteiger partial charge in [0.2, 0.25) is 0 Å². The van der Waals surface area contributed by atoms with Crippen LogP contribution in [-0.2, 0) is 25.1 Å². The van der Waals surface area contributed by atoms with Crippen molar-refractivity contribution >= 4 is 32.7 Å². The number of fused-ring (bicyclic) bond motifs is 1. The van der Waals surface area contributed by atoms with E-state index in [0.29, 0.717) is 36.2 Å². The van der Waals surface area contributed by atoms with Crippen LogP contribution in [0.3, 0.4) is 0 Å². The molecule has 3 N–H and O–H groups in total. The molecule has 2 aromatic heterocycles. The second-order valence-corrected chi connectivity index (χ2v) is 9.43. The summed E-state index contributed by atoms with van der Waals surface area (Å²) in [6, 6.07) is 8.54. The van der Waals surface area contributed by atoms with Crippen molar-refractivity contribution in [2.75, 3.05) is 33.7 Å². The summed E-state index contributed by atoms with van der Waals surface area (Å²) in [5.74, 6) is 2.09. The van der Waals surface area contributed by atoms with Gasteiger partial charge >= 0.3 is 0 Å². The Morgan fingerprint density at radius 3 is 2.45 bits per heavy atom. The number of hydrogen-bond donors (Lipinski definition) is 2. The SMILES string of the molecule is COCC(COC)Oc1cc(Oc2ccc(S(C)(=O)=O)nc2)cc2cc(CSN)[nH]c12. The number of hydrogen-bond acceptors (Lipinski definition) is 9. The van der Waals surface area contributed by atoms with Crippen molar-refractivity contribution < 1.29 is 27.4 Å². The standard InChI is InChI=1S/C20H25N3O6S2/c1-26-10-17(11-27-2)29-18-8-16(7-13-6-14(12-30-21)23-20(13)18)28-15-4-5-19(22-9-15)31(3,24)25/h4-9,17,23H,10-12,21H2,1-3H3. The summed E-state index contributed by atoms with van der Waals surface area (Å²) < 4.78 is 45.7. The first kappa shape index (κ1) is 23.4. The molecule has 0 amide bonds. The van der Waals surface area contributed by atoms with Crippen LogP contribution < -0.4 is 14.6 Å². The van der Waals surface area contributed by atoms with Crippen LogP contribution in [0.5, 0.6) is 17.2 Å². The normalized spacial score (nSPS) is 11.9. The summed E-state index contributed by atoms with van der Waals surface area (Å²) in [6.07, 6.45) is 2.15. The van der Waals surface area contributed by atoms with Crippen molar-refractivity contribution in [2.45, 2.75) is 16.9 Å². The molecule has 0 aliphatic heterocycles. The van der Waals surface area contributed by atoms with Gasteiger partial charge in [-0.25, -0.2) is 13.4 Å². The van der Waals surface area contributed by atoms with Gasteiger partial charge in [-0.05, 0) is 24.3 Å². The number of H-pyrrole nitrogens is 1. The zero-order valence-electron chi connectivity index (χ0n) is 17.5. The third-order valence-electron chi connectivity index (χ3n) is 4.28. The summed E-state index contributed by atoms with van der Waals surface area (Å²) in [5, 5.41) is 6.48. The Morgan fingerprint density at radius 1 is 1.13 bits per heavy atom. The fourth-order valence-corrected chi connectivity index (χ4v) is 3.91. The van der Waals surface area contributed by atoms with Gasteiger partial charge in [0.15, 0.2) is 14.9 Å². The van der Waals surface area contributed by atoms with Crippen LogP contribution in [0, 0.1) is 0 Å². The average Bonchev–Trinajstić information content (AvgIpc) is 3.11. The molecule has 0 atom stereocenters. The lowest BCUT2D eigenvalue weighted by Crippen LogP contribution is -2.27. The van der Waals surface area contributed by atoms with Crippen molar-refractivity contribution in [1.82, 2.24) is 9.97 Å². The van der Waals surface area contributed by atoms with E-state index >= 15 is 0 Å². The van der Waals surface area contributed by atoms with Gasteiger partial charge in [0, 0.05) is 43.4 Å². The molecule has 0 aliphatic carbocycles. The zero-order valence-corrected chi connectivity index (χ0v) is 19.1. The maximum absolute atomic E-state index is 11.6. The van der Waals surface area contributed by atoms with Crippen LogP contribution in [-0.4, -0.2) is 58.2 Å². The van der Waals surface area contributed by atoms with E-state index in [1.165, 1.54) is 24.2 Å². The number of nitrogens with two attached hydrogens (primary N) is 1. The molecule has 168 valence electrons. The van der Waals surface area contributed by atoms with E-state index in [1.807, 2.05) is 12.1 Å². The lowest BCUT2D eigenvalue weighted by Gasteiger charge is -2.19. The van der Waals surface area contributed by atoms with E-state index in [9.17, 15) is 8.42 Å².